The Morgan fingerprint density at radius 1 is 1.25 bits per heavy atom. The molecule has 2 nitrogen and oxygen atoms in total. The van der Waals surface area contributed by atoms with Gasteiger partial charge in [-0.15, -0.1) is 6.58 Å². The fourth-order valence-electron chi connectivity index (χ4n) is 1.14. The van der Waals surface area contributed by atoms with Gasteiger partial charge in [-0.25, -0.2) is 0 Å². The Morgan fingerprint density at radius 2 is 1.92 bits per heavy atom. The molecular formula is C10H21NO. The number of hydrogen-bond acceptors (Lipinski definition) is 2. The van der Waals surface area contributed by atoms with Crippen LogP contribution in [-0.2, 0) is 0 Å². The average molecular weight is 171 g/mol. The first-order chi connectivity index (χ1) is 5.81. The van der Waals surface area contributed by atoms with Gasteiger partial charge in [-0.1, -0.05) is 25.3 Å². The van der Waals surface area contributed by atoms with E-state index >= 15 is 0 Å². The normalized spacial score (nSPS) is 12.8. The van der Waals surface area contributed by atoms with Crippen LogP contribution in [0.3, 0.4) is 0 Å². The lowest BCUT2D eigenvalue weighted by Crippen LogP contribution is -2.19. The fourth-order valence-corrected chi connectivity index (χ4v) is 1.14. The molecule has 0 rings (SSSR count). The highest BCUT2D eigenvalue weighted by molar-refractivity contribution is 4.65. The van der Waals surface area contributed by atoms with Crippen LogP contribution in [0.25, 0.3) is 0 Å². The molecule has 0 aliphatic heterocycles. The van der Waals surface area contributed by atoms with E-state index in [0.29, 0.717) is 6.54 Å². The lowest BCUT2D eigenvalue weighted by molar-refractivity contribution is 0.168. The Hall–Kier alpha value is -0.340. The van der Waals surface area contributed by atoms with Crippen LogP contribution in [0.2, 0.25) is 0 Å². The molecule has 1 unspecified atom stereocenters. The molecule has 0 saturated heterocycles. The molecule has 0 aromatic rings. The van der Waals surface area contributed by atoms with Crippen molar-refractivity contribution in [2.45, 2.75) is 44.6 Å². The first kappa shape index (κ1) is 11.7. The second-order valence-corrected chi connectivity index (χ2v) is 3.17. The van der Waals surface area contributed by atoms with Crippen LogP contribution in [0, 0.1) is 0 Å². The molecule has 12 heavy (non-hydrogen) atoms. The van der Waals surface area contributed by atoms with Crippen LogP contribution in [0.4, 0.5) is 0 Å². The number of unbranched alkanes of at least 4 members (excludes halogenated alkanes) is 4. The molecule has 0 aromatic heterocycles. The number of nitrogens with two attached hydrogens (primary N) is 1. The summed E-state index contributed by atoms with van der Waals surface area (Å²) in [6.45, 7) is 4.06. The van der Waals surface area contributed by atoms with Gasteiger partial charge >= 0.3 is 0 Å². The number of rotatable bonds is 8. The summed E-state index contributed by atoms with van der Waals surface area (Å²) in [6.07, 6.45) is 8.38. The largest absolute Gasteiger partial charge is 0.392 e. The summed E-state index contributed by atoms with van der Waals surface area (Å²) < 4.78 is 0. The van der Waals surface area contributed by atoms with Crippen molar-refractivity contribution in [3.8, 4) is 0 Å². The lowest BCUT2D eigenvalue weighted by Gasteiger charge is -2.05. The van der Waals surface area contributed by atoms with E-state index in [1.54, 1.807) is 0 Å². The smallest absolute Gasteiger partial charge is 0.0662 e. The van der Waals surface area contributed by atoms with Gasteiger partial charge in [0.05, 0.1) is 6.10 Å². The third kappa shape index (κ3) is 7.76. The third-order valence-electron chi connectivity index (χ3n) is 1.97. The van der Waals surface area contributed by atoms with E-state index in [1.807, 2.05) is 6.08 Å². The molecule has 1 atom stereocenters. The summed E-state index contributed by atoms with van der Waals surface area (Å²) in [5, 5.41) is 9.12. The van der Waals surface area contributed by atoms with E-state index in [1.165, 1.54) is 19.3 Å². The Bertz CT molecular complexity index is 104. The van der Waals surface area contributed by atoms with Gasteiger partial charge in [0.25, 0.3) is 0 Å². The van der Waals surface area contributed by atoms with Crippen molar-refractivity contribution in [1.82, 2.24) is 0 Å². The first-order valence-corrected chi connectivity index (χ1v) is 4.80. The summed E-state index contributed by atoms with van der Waals surface area (Å²) in [5.41, 5.74) is 5.27. The summed E-state index contributed by atoms with van der Waals surface area (Å²) >= 11 is 0. The van der Waals surface area contributed by atoms with Gasteiger partial charge in [-0.3, -0.25) is 0 Å². The predicted molar refractivity (Wildman–Crippen MR) is 53.0 cm³/mol. The topological polar surface area (TPSA) is 46.2 Å². The maximum absolute atomic E-state index is 9.12. The highest BCUT2D eigenvalue weighted by Crippen LogP contribution is 2.06. The SMILES string of the molecule is C=CCCCCCCC(O)CN. The van der Waals surface area contributed by atoms with Crippen molar-refractivity contribution in [2.24, 2.45) is 5.73 Å². The van der Waals surface area contributed by atoms with Gasteiger partial charge in [0.2, 0.25) is 0 Å². The quantitative estimate of drug-likeness (QED) is 0.432. The van der Waals surface area contributed by atoms with Crippen molar-refractivity contribution < 1.29 is 5.11 Å². The van der Waals surface area contributed by atoms with Crippen LogP contribution in [-0.4, -0.2) is 17.8 Å². The van der Waals surface area contributed by atoms with E-state index in [-0.39, 0.29) is 6.10 Å². The first-order valence-electron chi connectivity index (χ1n) is 4.80. The van der Waals surface area contributed by atoms with Crippen molar-refractivity contribution >= 4 is 0 Å². The number of aliphatic hydroxyl groups is 1. The van der Waals surface area contributed by atoms with E-state index in [9.17, 15) is 0 Å². The standard InChI is InChI=1S/C10H21NO/c1-2-3-4-5-6-7-8-10(12)9-11/h2,10,12H,1,3-9,11H2. The molecule has 3 N–H and O–H groups in total. The molecule has 0 amide bonds. The Kier molecular flexibility index (Phi) is 8.51. The average Bonchev–Trinajstić information content (AvgIpc) is 2.10. The van der Waals surface area contributed by atoms with Crippen molar-refractivity contribution in [2.75, 3.05) is 6.54 Å². The number of allylic oxidation sites excluding steroid dienone is 1. The van der Waals surface area contributed by atoms with Gasteiger partial charge < -0.3 is 10.8 Å². The molecule has 0 fully saturated rings. The Labute approximate surface area is 75.5 Å². The number of hydrogen-bond donors (Lipinski definition) is 2. The van der Waals surface area contributed by atoms with E-state index < -0.39 is 0 Å². The second-order valence-electron chi connectivity index (χ2n) is 3.17. The molecule has 0 bridgehead atoms. The van der Waals surface area contributed by atoms with Gasteiger partial charge in [0.15, 0.2) is 0 Å². The van der Waals surface area contributed by atoms with Crippen LogP contribution in [0.15, 0.2) is 12.7 Å². The van der Waals surface area contributed by atoms with Crippen molar-refractivity contribution in [3.05, 3.63) is 12.7 Å². The molecule has 0 aliphatic carbocycles. The van der Waals surface area contributed by atoms with Crippen molar-refractivity contribution in [3.63, 3.8) is 0 Å². The zero-order valence-electron chi connectivity index (χ0n) is 7.84. The second kappa shape index (κ2) is 8.75. The fraction of sp³-hybridized carbons (Fsp3) is 0.800. The summed E-state index contributed by atoms with van der Waals surface area (Å²) in [6, 6.07) is 0. The molecule has 0 saturated carbocycles. The Balaban J connectivity index is 2.95. The maximum atomic E-state index is 9.12. The van der Waals surface area contributed by atoms with Crippen LogP contribution >= 0.6 is 0 Å². The molecule has 0 heterocycles. The van der Waals surface area contributed by atoms with Gasteiger partial charge in [-0.05, 0) is 19.3 Å². The van der Waals surface area contributed by atoms with Crippen LogP contribution < -0.4 is 5.73 Å². The molecule has 0 spiro atoms. The molecule has 0 radical (unpaired) electrons. The summed E-state index contributed by atoms with van der Waals surface area (Å²) in [4.78, 5) is 0. The molecule has 0 aromatic carbocycles. The Morgan fingerprint density at radius 3 is 2.50 bits per heavy atom. The molecule has 72 valence electrons. The minimum absolute atomic E-state index is 0.288. The monoisotopic (exact) mass is 171 g/mol. The minimum Gasteiger partial charge on any atom is -0.392 e. The third-order valence-corrected chi connectivity index (χ3v) is 1.97. The van der Waals surface area contributed by atoms with Gasteiger partial charge in [-0.2, -0.15) is 0 Å². The minimum atomic E-state index is -0.288. The molecule has 2 heteroatoms. The van der Waals surface area contributed by atoms with E-state index in [4.69, 9.17) is 10.8 Å². The zero-order chi connectivity index (χ0) is 9.23. The van der Waals surface area contributed by atoms with E-state index in [0.717, 1.165) is 19.3 Å². The lowest BCUT2D eigenvalue weighted by atomic mass is 10.1. The molecular weight excluding hydrogens is 150 g/mol. The number of aliphatic hydroxyl groups excluding tert-OH is 1. The highest BCUT2D eigenvalue weighted by atomic mass is 16.3. The maximum Gasteiger partial charge on any atom is 0.0662 e. The van der Waals surface area contributed by atoms with E-state index in [2.05, 4.69) is 6.58 Å². The highest BCUT2D eigenvalue weighted by Gasteiger charge is 1.99. The van der Waals surface area contributed by atoms with Crippen LogP contribution in [0.1, 0.15) is 38.5 Å². The summed E-state index contributed by atoms with van der Waals surface area (Å²) in [5.74, 6) is 0. The predicted octanol–water partition coefficient (Wildman–Crippen LogP) is 1.83. The summed E-state index contributed by atoms with van der Waals surface area (Å²) in [7, 11) is 0. The van der Waals surface area contributed by atoms with Crippen LogP contribution in [0.5, 0.6) is 0 Å². The molecule has 0 aliphatic rings. The zero-order valence-corrected chi connectivity index (χ0v) is 7.84. The van der Waals surface area contributed by atoms with Crippen molar-refractivity contribution in [1.29, 1.82) is 0 Å². The van der Waals surface area contributed by atoms with Gasteiger partial charge in [0.1, 0.15) is 0 Å². The van der Waals surface area contributed by atoms with Gasteiger partial charge in [0, 0.05) is 6.54 Å².